The van der Waals surface area contributed by atoms with Crippen molar-refractivity contribution < 1.29 is 4.79 Å². The van der Waals surface area contributed by atoms with Crippen molar-refractivity contribution in [3.05, 3.63) is 34.9 Å². The Morgan fingerprint density at radius 1 is 1.24 bits per heavy atom. The van der Waals surface area contributed by atoms with Crippen LogP contribution < -0.4 is 0 Å². The summed E-state index contributed by atoms with van der Waals surface area (Å²) >= 11 is 0. The molecular weight excluding hydrogens is 208 g/mol. The summed E-state index contributed by atoms with van der Waals surface area (Å²) < 4.78 is 0. The number of Topliss-reactive ketones (excluding diaryl/α,β-unsaturated/α-hetero) is 1. The Labute approximate surface area is 105 Å². The van der Waals surface area contributed by atoms with E-state index in [1.807, 2.05) is 6.92 Å². The molecule has 0 saturated carbocycles. The van der Waals surface area contributed by atoms with Gasteiger partial charge in [-0.25, -0.2) is 0 Å². The highest BCUT2D eigenvalue weighted by Crippen LogP contribution is 2.28. The minimum absolute atomic E-state index is 0.383. The van der Waals surface area contributed by atoms with E-state index in [0.29, 0.717) is 18.1 Å². The van der Waals surface area contributed by atoms with Gasteiger partial charge in [0.1, 0.15) is 5.78 Å². The highest BCUT2D eigenvalue weighted by molar-refractivity contribution is 5.78. The molecule has 0 N–H and O–H groups in total. The first-order valence-electron chi connectivity index (χ1n) is 6.67. The number of benzene rings is 1. The van der Waals surface area contributed by atoms with E-state index in [2.05, 4.69) is 39.0 Å². The zero-order valence-electron chi connectivity index (χ0n) is 11.5. The molecule has 94 valence electrons. The van der Waals surface area contributed by atoms with E-state index in [1.165, 1.54) is 16.7 Å². The number of ketones is 1. The fourth-order valence-electron chi connectivity index (χ4n) is 2.29. The summed E-state index contributed by atoms with van der Waals surface area (Å²) in [5.41, 5.74) is 4.09. The third-order valence-electron chi connectivity index (χ3n) is 3.53. The standard InChI is InChI=1S/C16H24O/c1-5-14(9-10-15(17)6-2)16-11-12(3)7-8-13(16)4/h7-8,11,14H,5-6,9-10H2,1-4H3. The van der Waals surface area contributed by atoms with Crippen molar-refractivity contribution in [1.29, 1.82) is 0 Å². The topological polar surface area (TPSA) is 17.1 Å². The average Bonchev–Trinajstić information content (AvgIpc) is 2.33. The van der Waals surface area contributed by atoms with E-state index in [-0.39, 0.29) is 0 Å². The predicted molar refractivity (Wildman–Crippen MR) is 73.5 cm³/mol. The maximum atomic E-state index is 11.4. The number of hydrogen-bond donors (Lipinski definition) is 0. The molecule has 0 radical (unpaired) electrons. The second-order valence-corrected chi connectivity index (χ2v) is 4.90. The number of aryl methyl sites for hydroxylation is 2. The summed E-state index contributed by atoms with van der Waals surface area (Å²) in [5.74, 6) is 0.916. The highest BCUT2D eigenvalue weighted by Gasteiger charge is 2.13. The molecule has 17 heavy (non-hydrogen) atoms. The van der Waals surface area contributed by atoms with Crippen LogP contribution in [0.25, 0.3) is 0 Å². The van der Waals surface area contributed by atoms with Gasteiger partial charge in [0.05, 0.1) is 0 Å². The summed E-state index contributed by atoms with van der Waals surface area (Å²) in [6.45, 7) is 8.45. The second kappa shape index (κ2) is 6.58. The Hall–Kier alpha value is -1.11. The maximum absolute atomic E-state index is 11.4. The van der Waals surface area contributed by atoms with Crippen LogP contribution in [-0.2, 0) is 4.79 Å². The van der Waals surface area contributed by atoms with Gasteiger partial charge in [-0.2, -0.15) is 0 Å². The second-order valence-electron chi connectivity index (χ2n) is 4.90. The molecular formula is C16H24O. The number of hydrogen-bond acceptors (Lipinski definition) is 1. The van der Waals surface area contributed by atoms with Gasteiger partial charge in [0.15, 0.2) is 0 Å². The van der Waals surface area contributed by atoms with Crippen LogP contribution in [0, 0.1) is 13.8 Å². The minimum atomic E-state index is 0.383. The lowest BCUT2D eigenvalue weighted by Crippen LogP contribution is -2.04. The van der Waals surface area contributed by atoms with Crippen molar-refractivity contribution in [2.75, 3.05) is 0 Å². The van der Waals surface area contributed by atoms with Gasteiger partial charge in [0.25, 0.3) is 0 Å². The van der Waals surface area contributed by atoms with Gasteiger partial charge in [0, 0.05) is 12.8 Å². The van der Waals surface area contributed by atoms with Crippen molar-refractivity contribution in [2.24, 2.45) is 0 Å². The van der Waals surface area contributed by atoms with Crippen molar-refractivity contribution in [2.45, 2.75) is 59.3 Å². The smallest absolute Gasteiger partial charge is 0.132 e. The zero-order valence-corrected chi connectivity index (χ0v) is 11.5. The van der Waals surface area contributed by atoms with Crippen molar-refractivity contribution >= 4 is 5.78 Å². The minimum Gasteiger partial charge on any atom is -0.300 e. The maximum Gasteiger partial charge on any atom is 0.132 e. The van der Waals surface area contributed by atoms with Gasteiger partial charge in [-0.05, 0) is 43.7 Å². The van der Waals surface area contributed by atoms with E-state index in [0.717, 1.165) is 19.3 Å². The van der Waals surface area contributed by atoms with Crippen LogP contribution in [0.15, 0.2) is 18.2 Å². The van der Waals surface area contributed by atoms with Crippen molar-refractivity contribution in [3.8, 4) is 0 Å². The Kier molecular flexibility index (Phi) is 5.40. The van der Waals surface area contributed by atoms with Gasteiger partial charge in [-0.1, -0.05) is 37.6 Å². The molecule has 0 saturated heterocycles. The number of carbonyl (C=O) groups is 1. The SMILES string of the molecule is CCC(=O)CCC(CC)c1cc(C)ccc1C. The zero-order chi connectivity index (χ0) is 12.8. The van der Waals surface area contributed by atoms with Crippen LogP contribution in [0.4, 0.5) is 0 Å². The van der Waals surface area contributed by atoms with Crippen molar-refractivity contribution in [1.82, 2.24) is 0 Å². The lowest BCUT2D eigenvalue weighted by molar-refractivity contribution is -0.118. The van der Waals surface area contributed by atoms with Crippen LogP contribution >= 0.6 is 0 Å². The molecule has 1 unspecified atom stereocenters. The third-order valence-corrected chi connectivity index (χ3v) is 3.53. The molecule has 1 rings (SSSR count). The Balaban J connectivity index is 2.78. The normalized spacial score (nSPS) is 12.5. The van der Waals surface area contributed by atoms with Crippen LogP contribution in [0.1, 0.15) is 62.1 Å². The van der Waals surface area contributed by atoms with Crippen LogP contribution in [0.3, 0.4) is 0 Å². The fraction of sp³-hybridized carbons (Fsp3) is 0.562. The molecule has 0 aliphatic rings. The van der Waals surface area contributed by atoms with E-state index in [9.17, 15) is 4.79 Å². The van der Waals surface area contributed by atoms with E-state index >= 15 is 0 Å². The molecule has 1 aromatic carbocycles. The fourth-order valence-corrected chi connectivity index (χ4v) is 2.29. The molecule has 0 aromatic heterocycles. The highest BCUT2D eigenvalue weighted by atomic mass is 16.1. The first kappa shape index (κ1) is 14.0. The molecule has 0 fully saturated rings. The van der Waals surface area contributed by atoms with E-state index in [1.54, 1.807) is 0 Å². The Morgan fingerprint density at radius 2 is 1.94 bits per heavy atom. The Morgan fingerprint density at radius 3 is 2.53 bits per heavy atom. The largest absolute Gasteiger partial charge is 0.300 e. The van der Waals surface area contributed by atoms with Crippen LogP contribution in [0.2, 0.25) is 0 Å². The molecule has 0 spiro atoms. The summed E-state index contributed by atoms with van der Waals surface area (Å²) in [5, 5.41) is 0. The summed E-state index contributed by atoms with van der Waals surface area (Å²) in [6, 6.07) is 6.62. The van der Waals surface area contributed by atoms with Crippen LogP contribution in [-0.4, -0.2) is 5.78 Å². The molecule has 1 nitrogen and oxygen atoms in total. The quantitative estimate of drug-likeness (QED) is 0.703. The van der Waals surface area contributed by atoms with Crippen LogP contribution in [0.5, 0.6) is 0 Å². The molecule has 0 aliphatic heterocycles. The third kappa shape index (κ3) is 3.99. The lowest BCUT2D eigenvalue weighted by atomic mass is 9.87. The molecule has 0 aliphatic carbocycles. The molecule has 1 heteroatoms. The van der Waals surface area contributed by atoms with Gasteiger partial charge >= 0.3 is 0 Å². The van der Waals surface area contributed by atoms with E-state index < -0.39 is 0 Å². The van der Waals surface area contributed by atoms with Crippen molar-refractivity contribution in [3.63, 3.8) is 0 Å². The Bertz CT molecular complexity index is 379. The van der Waals surface area contributed by atoms with Gasteiger partial charge in [-0.3, -0.25) is 4.79 Å². The summed E-state index contributed by atoms with van der Waals surface area (Å²) in [6.07, 6.45) is 3.50. The predicted octanol–water partition coefficient (Wildman–Crippen LogP) is 4.56. The molecule has 0 heterocycles. The van der Waals surface area contributed by atoms with Gasteiger partial charge < -0.3 is 0 Å². The molecule has 1 aromatic rings. The summed E-state index contributed by atoms with van der Waals surface area (Å²) in [7, 11) is 0. The van der Waals surface area contributed by atoms with Gasteiger partial charge in [0.2, 0.25) is 0 Å². The van der Waals surface area contributed by atoms with Gasteiger partial charge in [-0.15, -0.1) is 0 Å². The van der Waals surface area contributed by atoms with E-state index in [4.69, 9.17) is 0 Å². The first-order chi connectivity index (χ1) is 8.08. The molecule has 0 bridgehead atoms. The first-order valence-corrected chi connectivity index (χ1v) is 6.67. The molecule has 0 amide bonds. The monoisotopic (exact) mass is 232 g/mol. The lowest BCUT2D eigenvalue weighted by Gasteiger charge is -2.18. The summed E-state index contributed by atoms with van der Waals surface area (Å²) in [4.78, 5) is 11.4. The number of rotatable bonds is 6. The average molecular weight is 232 g/mol. The number of carbonyl (C=O) groups excluding carboxylic acids is 1. The molecule has 1 atom stereocenters.